The average molecular weight is 582 g/mol. The minimum Gasteiger partial charge on any atom is -0.465 e. The SMILES string of the molecule is CC(C)(C)CC(C)(C)c1ccccc1-c1cccc2[nH]c3cc(OC4CCCCO4)c(B4OC(C)(C)C(C)(C)O4)cc3c12. The van der Waals surface area contributed by atoms with Gasteiger partial charge in [0.1, 0.15) is 5.75 Å². The second-order valence-electron chi connectivity index (χ2n) is 15.5. The van der Waals surface area contributed by atoms with Gasteiger partial charge in [-0.2, -0.15) is 0 Å². The molecule has 1 N–H and O–H groups in total. The topological polar surface area (TPSA) is 52.7 Å². The van der Waals surface area contributed by atoms with Crippen molar-refractivity contribution in [3.63, 3.8) is 0 Å². The van der Waals surface area contributed by atoms with Gasteiger partial charge in [-0.25, -0.2) is 0 Å². The number of hydrogen-bond acceptors (Lipinski definition) is 4. The number of rotatable bonds is 6. The lowest BCUT2D eigenvalue weighted by Crippen LogP contribution is -2.41. The van der Waals surface area contributed by atoms with E-state index in [0.717, 1.165) is 59.9 Å². The van der Waals surface area contributed by atoms with Crippen LogP contribution in [-0.4, -0.2) is 36.2 Å². The first-order chi connectivity index (χ1) is 20.2. The fourth-order valence-corrected chi connectivity index (χ4v) is 7.15. The van der Waals surface area contributed by atoms with E-state index in [0.29, 0.717) is 0 Å². The summed E-state index contributed by atoms with van der Waals surface area (Å²) in [6.07, 6.45) is 3.85. The summed E-state index contributed by atoms with van der Waals surface area (Å²) in [6.45, 7) is 20.8. The first-order valence-corrected chi connectivity index (χ1v) is 16.0. The Labute approximate surface area is 257 Å². The second kappa shape index (κ2) is 10.7. The molecule has 43 heavy (non-hydrogen) atoms. The number of aromatic nitrogens is 1. The minimum atomic E-state index is -0.553. The molecule has 0 saturated carbocycles. The van der Waals surface area contributed by atoms with Crippen molar-refractivity contribution in [2.75, 3.05) is 6.61 Å². The van der Waals surface area contributed by atoms with Crippen molar-refractivity contribution in [2.45, 2.75) is 111 Å². The molecule has 6 heteroatoms. The number of hydrogen-bond donors (Lipinski definition) is 1. The van der Waals surface area contributed by atoms with Crippen LogP contribution in [0.15, 0.2) is 54.6 Å². The lowest BCUT2D eigenvalue weighted by Gasteiger charge is -2.34. The van der Waals surface area contributed by atoms with Crippen molar-refractivity contribution in [3.05, 3.63) is 60.2 Å². The first kappa shape index (κ1) is 30.2. The third-order valence-corrected chi connectivity index (χ3v) is 9.58. The largest absolute Gasteiger partial charge is 0.498 e. The van der Waals surface area contributed by atoms with Crippen molar-refractivity contribution < 1.29 is 18.8 Å². The molecule has 1 unspecified atom stereocenters. The highest BCUT2D eigenvalue weighted by atomic mass is 16.7. The Balaban J connectivity index is 1.54. The van der Waals surface area contributed by atoms with Gasteiger partial charge in [0.2, 0.25) is 0 Å². The molecule has 1 aromatic heterocycles. The number of benzene rings is 3. The molecular formula is C37H48BNO4. The van der Waals surface area contributed by atoms with Crippen molar-refractivity contribution in [2.24, 2.45) is 5.41 Å². The van der Waals surface area contributed by atoms with Crippen LogP contribution in [0.4, 0.5) is 0 Å². The van der Waals surface area contributed by atoms with Crippen molar-refractivity contribution in [3.8, 4) is 16.9 Å². The van der Waals surface area contributed by atoms with Gasteiger partial charge in [-0.3, -0.25) is 0 Å². The molecule has 0 spiro atoms. The van der Waals surface area contributed by atoms with Crippen LogP contribution in [0.25, 0.3) is 32.9 Å². The highest BCUT2D eigenvalue weighted by molar-refractivity contribution is 6.63. The van der Waals surface area contributed by atoms with Gasteiger partial charge in [-0.05, 0) is 86.6 Å². The number of ether oxygens (including phenoxy) is 2. The van der Waals surface area contributed by atoms with E-state index in [1.54, 1.807) is 0 Å². The Morgan fingerprint density at radius 3 is 2.23 bits per heavy atom. The molecule has 0 bridgehead atoms. The second-order valence-corrected chi connectivity index (χ2v) is 15.5. The molecule has 1 atom stereocenters. The quantitative estimate of drug-likeness (QED) is 0.231. The maximum absolute atomic E-state index is 6.59. The molecule has 2 aliphatic rings. The summed E-state index contributed by atoms with van der Waals surface area (Å²) >= 11 is 0. The number of aromatic amines is 1. The normalized spacial score (nSPS) is 20.7. The molecule has 0 radical (unpaired) electrons. The third-order valence-electron chi connectivity index (χ3n) is 9.58. The fraction of sp³-hybridized carbons (Fsp3) is 0.514. The Morgan fingerprint density at radius 1 is 0.860 bits per heavy atom. The summed E-state index contributed by atoms with van der Waals surface area (Å²) in [5, 5.41) is 2.34. The molecule has 3 heterocycles. The van der Waals surface area contributed by atoms with E-state index >= 15 is 0 Å². The van der Waals surface area contributed by atoms with Crippen LogP contribution >= 0.6 is 0 Å². The van der Waals surface area contributed by atoms with E-state index in [4.69, 9.17) is 18.8 Å². The maximum atomic E-state index is 6.59. The molecule has 0 aliphatic carbocycles. The van der Waals surface area contributed by atoms with Crippen LogP contribution in [-0.2, 0) is 19.5 Å². The lowest BCUT2D eigenvalue weighted by molar-refractivity contribution is -0.105. The van der Waals surface area contributed by atoms with Gasteiger partial charge in [0, 0.05) is 34.2 Å². The third kappa shape index (κ3) is 5.74. The molecule has 3 aromatic carbocycles. The summed E-state index contributed by atoms with van der Waals surface area (Å²) in [5.74, 6) is 0.748. The summed E-state index contributed by atoms with van der Waals surface area (Å²) < 4.78 is 25.7. The highest BCUT2D eigenvalue weighted by Crippen LogP contribution is 2.44. The van der Waals surface area contributed by atoms with Gasteiger partial charge in [0.05, 0.1) is 23.3 Å². The minimum absolute atomic E-state index is 0.00201. The zero-order valence-electron chi connectivity index (χ0n) is 27.5. The van der Waals surface area contributed by atoms with Crippen molar-refractivity contribution >= 4 is 34.4 Å². The highest BCUT2D eigenvalue weighted by Gasteiger charge is 2.52. The van der Waals surface area contributed by atoms with Gasteiger partial charge in [-0.1, -0.05) is 71.0 Å². The Hall–Kier alpha value is -2.80. The molecule has 2 fully saturated rings. The molecule has 6 rings (SSSR count). The van der Waals surface area contributed by atoms with Gasteiger partial charge < -0.3 is 23.8 Å². The first-order valence-electron chi connectivity index (χ1n) is 16.0. The van der Waals surface area contributed by atoms with Gasteiger partial charge in [0.25, 0.3) is 0 Å². The van der Waals surface area contributed by atoms with Crippen LogP contribution in [0, 0.1) is 5.41 Å². The zero-order valence-corrected chi connectivity index (χ0v) is 27.5. The monoisotopic (exact) mass is 581 g/mol. The maximum Gasteiger partial charge on any atom is 0.498 e. The molecular weight excluding hydrogens is 533 g/mol. The number of fused-ring (bicyclic) bond motifs is 3. The van der Waals surface area contributed by atoms with Crippen LogP contribution in [0.5, 0.6) is 5.75 Å². The predicted octanol–water partition coefficient (Wildman–Crippen LogP) is 8.91. The predicted molar refractivity (Wildman–Crippen MR) is 178 cm³/mol. The van der Waals surface area contributed by atoms with Crippen LogP contribution in [0.2, 0.25) is 0 Å². The van der Waals surface area contributed by atoms with E-state index in [1.807, 2.05) is 0 Å². The summed E-state index contributed by atoms with van der Waals surface area (Å²) in [5.41, 5.74) is 6.17. The van der Waals surface area contributed by atoms with E-state index in [9.17, 15) is 0 Å². The smallest absolute Gasteiger partial charge is 0.465 e. The van der Waals surface area contributed by atoms with Gasteiger partial charge in [-0.15, -0.1) is 0 Å². The summed E-state index contributed by atoms with van der Waals surface area (Å²) in [7, 11) is -0.553. The summed E-state index contributed by atoms with van der Waals surface area (Å²) in [4.78, 5) is 3.71. The Morgan fingerprint density at radius 2 is 1.56 bits per heavy atom. The van der Waals surface area contributed by atoms with E-state index in [2.05, 4.69) is 122 Å². The average Bonchev–Trinajstić information content (AvgIpc) is 3.39. The van der Waals surface area contributed by atoms with E-state index in [1.165, 1.54) is 22.1 Å². The zero-order chi connectivity index (χ0) is 30.8. The molecule has 2 saturated heterocycles. The molecule has 5 nitrogen and oxygen atoms in total. The van der Waals surface area contributed by atoms with Gasteiger partial charge >= 0.3 is 7.12 Å². The van der Waals surface area contributed by atoms with E-state index < -0.39 is 18.3 Å². The standard InChI is InChI=1S/C37H48BNO4/c1-34(2,3)23-35(4,5)27-17-11-10-15-24(27)25-16-14-18-29-33(25)26-21-28(38-42-36(6,7)37(8,9)43-38)31(22-30(26)39-29)41-32-19-12-13-20-40-32/h10-11,14-18,21-22,32,39H,12-13,19-20,23H2,1-9H3. The molecule has 4 aromatic rings. The van der Waals surface area contributed by atoms with Crippen molar-refractivity contribution in [1.82, 2.24) is 4.98 Å². The van der Waals surface area contributed by atoms with Crippen LogP contribution in [0.1, 0.15) is 93.6 Å². The molecule has 2 aliphatic heterocycles. The number of H-pyrrole nitrogens is 1. The summed E-state index contributed by atoms with van der Waals surface area (Å²) in [6, 6.07) is 19.8. The molecule has 0 amide bonds. The Kier molecular flexibility index (Phi) is 7.51. The van der Waals surface area contributed by atoms with E-state index in [-0.39, 0.29) is 17.1 Å². The van der Waals surface area contributed by atoms with Crippen LogP contribution in [0.3, 0.4) is 0 Å². The van der Waals surface area contributed by atoms with Crippen LogP contribution < -0.4 is 10.2 Å². The van der Waals surface area contributed by atoms with Gasteiger partial charge in [0.15, 0.2) is 6.29 Å². The molecule has 228 valence electrons. The lowest BCUT2D eigenvalue weighted by atomic mass is 9.70. The fourth-order valence-electron chi connectivity index (χ4n) is 7.15. The Bertz CT molecular complexity index is 1620. The number of nitrogens with one attached hydrogen (secondary N) is 1. The van der Waals surface area contributed by atoms with Crippen molar-refractivity contribution in [1.29, 1.82) is 0 Å².